The molecule has 1 aromatic rings. The summed E-state index contributed by atoms with van der Waals surface area (Å²) in [6.45, 7) is 4.40. The van der Waals surface area contributed by atoms with E-state index >= 15 is 0 Å². The molecule has 0 aliphatic carbocycles. The third-order valence-electron chi connectivity index (χ3n) is 4.31. The lowest BCUT2D eigenvalue weighted by atomic mass is 10.0. The van der Waals surface area contributed by atoms with Crippen molar-refractivity contribution in [1.82, 2.24) is 15.5 Å². The van der Waals surface area contributed by atoms with Crippen molar-refractivity contribution < 1.29 is 19.7 Å². The fourth-order valence-corrected chi connectivity index (χ4v) is 3.17. The maximum atomic E-state index is 11.8. The van der Waals surface area contributed by atoms with Crippen LogP contribution in [-0.4, -0.2) is 71.7 Å². The van der Waals surface area contributed by atoms with Crippen LogP contribution in [0.1, 0.15) is 19.4 Å². The second kappa shape index (κ2) is 9.15. The highest BCUT2D eigenvalue weighted by Gasteiger charge is 2.45. The Hall–Kier alpha value is -1.67. The highest BCUT2D eigenvalue weighted by molar-refractivity contribution is 5.74. The molecule has 1 aliphatic heterocycles. The van der Waals surface area contributed by atoms with Gasteiger partial charge in [0.25, 0.3) is 0 Å². The van der Waals surface area contributed by atoms with Crippen molar-refractivity contribution >= 4 is 6.03 Å². The Bertz CT molecular complexity index is 540. The van der Waals surface area contributed by atoms with Gasteiger partial charge in [-0.05, 0) is 26.5 Å². The van der Waals surface area contributed by atoms with Gasteiger partial charge in [-0.25, -0.2) is 4.79 Å². The molecular formula is C18H29N3O4. The van der Waals surface area contributed by atoms with Crippen molar-refractivity contribution in [2.24, 2.45) is 0 Å². The molecule has 4 atom stereocenters. The van der Waals surface area contributed by atoms with Crippen LogP contribution in [0, 0.1) is 0 Å². The second-order valence-electron chi connectivity index (χ2n) is 6.79. The standard InChI is InChI=1S/C18H29N3O4/c1-12(2)20-18(24)19-9-14-16(17(23)15(11-22)25-14)21(3)10-13-7-5-4-6-8-13/h4-8,12,14-17,22-23H,9-11H2,1-3H3,(H2,19,20,24)/t14-,15+,16+,17-/m1/s1. The number of hydrogen-bond donors (Lipinski definition) is 4. The molecule has 0 unspecified atom stereocenters. The molecule has 4 N–H and O–H groups in total. The number of aliphatic hydroxyl groups is 2. The third kappa shape index (κ3) is 5.40. The molecule has 7 heteroatoms. The predicted molar refractivity (Wildman–Crippen MR) is 95.1 cm³/mol. The van der Waals surface area contributed by atoms with Gasteiger partial charge in [-0.1, -0.05) is 30.3 Å². The van der Waals surface area contributed by atoms with Crippen molar-refractivity contribution in [3.8, 4) is 0 Å². The number of nitrogens with one attached hydrogen (secondary N) is 2. The average Bonchev–Trinajstić information content (AvgIpc) is 2.89. The lowest BCUT2D eigenvalue weighted by Crippen LogP contribution is -2.50. The number of benzene rings is 1. The van der Waals surface area contributed by atoms with Gasteiger partial charge in [-0.15, -0.1) is 0 Å². The molecule has 1 aliphatic rings. The number of hydrogen-bond acceptors (Lipinski definition) is 5. The van der Waals surface area contributed by atoms with E-state index in [0.29, 0.717) is 6.54 Å². The summed E-state index contributed by atoms with van der Waals surface area (Å²) < 4.78 is 5.77. The lowest BCUT2D eigenvalue weighted by molar-refractivity contribution is -0.0206. The van der Waals surface area contributed by atoms with Crippen LogP contribution >= 0.6 is 0 Å². The largest absolute Gasteiger partial charge is 0.394 e. The molecule has 25 heavy (non-hydrogen) atoms. The van der Waals surface area contributed by atoms with E-state index in [1.165, 1.54) is 0 Å². The Kier molecular flexibility index (Phi) is 7.19. The van der Waals surface area contributed by atoms with E-state index in [2.05, 4.69) is 10.6 Å². The topological polar surface area (TPSA) is 94.1 Å². The normalized spacial score (nSPS) is 26.2. The van der Waals surface area contributed by atoms with Crippen LogP contribution in [0.5, 0.6) is 0 Å². The number of ether oxygens (including phenoxy) is 1. The summed E-state index contributed by atoms with van der Waals surface area (Å²) in [5, 5.41) is 25.5. The highest BCUT2D eigenvalue weighted by atomic mass is 16.5. The first-order valence-electron chi connectivity index (χ1n) is 8.65. The summed E-state index contributed by atoms with van der Waals surface area (Å²) in [7, 11) is 1.91. The van der Waals surface area contributed by atoms with Gasteiger partial charge < -0.3 is 25.6 Å². The number of likely N-dealkylation sites (N-methyl/N-ethyl adjacent to an activating group) is 1. The molecular weight excluding hydrogens is 322 g/mol. The summed E-state index contributed by atoms with van der Waals surface area (Å²) in [5.74, 6) is 0. The van der Waals surface area contributed by atoms with Gasteiger partial charge in [-0.3, -0.25) is 4.90 Å². The molecule has 2 rings (SSSR count). The van der Waals surface area contributed by atoms with Crippen LogP contribution in [0.25, 0.3) is 0 Å². The van der Waals surface area contributed by atoms with E-state index in [0.717, 1.165) is 5.56 Å². The zero-order valence-corrected chi connectivity index (χ0v) is 15.1. The molecule has 1 saturated heterocycles. The first-order chi connectivity index (χ1) is 11.9. The van der Waals surface area contributed by atoms with Gasteiger partial charge >= 0.3 is 6.03 Å². The first kappa shape index (κ1) is 19.7. The maximum Gasteiger partial charge on any atom is 0.315 e. The fourth-order valence-electron chi connectivity index (χ4n) is 3.17. The van der Waals surface area contributed by atoms with Gasteiger partial charge in [-0.2, -0.15) is 0 Å². The van der Waals surface area contributed by atoms with Gasteiger partial charge in [0.2, 0.25) is 0 Å². The summed E-state index contributed by atoms with van der Waals surface area (Å²) in [6.07, 6.45) is -1.87. The smallest absolute Gasteiger partial charge is 0.315 e. The minimum absolute atomic E-state index is 0.0387. The van der Waals surface area contributed by atoms with Crippen LogP contribution in [0.3, 0.4) is 0 Å². The van der Waals surface area contributed by atoms with Gasteiger partial charge in [0, 0.05) is 19.1 Å². The molecule has 1 heterocycles. The van der Waals surface area contributed by atoms with Crippen LogP contribution in [0.15, 0.2) is 30.3 Å². The van der Waals surface area contributed by atoms with Crippen molar-refractivity contribution in [2.45, 2.75) is 50.8 Å². The Morgan fingerprint density at radius 3 is 2.56 bits per heavy atom. The summed E-state index contributed by atoms with van der Waals surface area (Å²) >= 11 is 0. The maximum absolute atomic E-state index is 11.8. The van der Waals surface area contributed by atoms with Gasteiger partial charge in [0.15, 0.2) is 0 Å². The number of nitrogens with zero attached hydrogens (tertiary/aromatic N) is 1. The van der Waals surface area contributed by atoms with E-state index in [9.17, 15) is 15.0 Å². The highest BCUT2D eigenvalue weighted by Crippen LogP contribution is 2.26. The zero-order chi connectivity index (χ0) is 18.4. The van der Waals surface area contributed by atoms with Crippen molar-refractivity contribution in [1.29, 1.82) is 0 Å². The van der Waals surface area contributed by atoms with Gasteiger partial charge in [0.1, 0.15) is 12.2 Å². The minimum atomic E-state index is -0.821. The first-order valence-corrected chi connectivity index (χ1v) is 8.65. The molecule has 0 bridgehead atoms. The van der Waals surface area contributed by atoms with Gasteiger partial charge in [0.05, 0.1) is 18.8 Å². The van der Waals surface area contributed by atoms with Crippen LogP contribution in [0.4, 0.5) is 4.79 Å². The van der Waals surface area contributed by atoms with E-state index in [-0.39, 0.29) is 31.3 Å². The third-order valence-corrected chi connectivity index (χ3v) is 4.31. The fraction of sp³-hybridized carbons (Fsp3) is 0.611. The average molecular weight is 351 g/mol. The summed E-state index contributed by atoms with van der Waals surface area (Å²) in [4.78, 5) is 13.8. The Morgan fingerprint density at radius 1 is 1.28 bits per heavy atom. The molecule has 0 aromatic heterocycles. The molecule has 0 radical (unpaired) electrons. The molecule has 0 spiro atoms. The molecule has 0 saturated carbocycles. The predicted octanol–water partition coefficient (Wildman–Crippen LogP) is 0.315. The van der Waals surface area contributed by atoms with E-state index in [1.807, 2.05) is 56.1 Å². The minimum Gasteiger partial charge on any atom is -0.394 e. The molecule has 1 aromatic carbocycles. The monoisotopic (exact) mass is 351 g/mol. The van der Waals surface area contributed by atoms with E-state index in [1.54, 1.807) is 0 Å². The molecule has 7 nitrogen and oxygen atoms in total. The van der Waals surface area contributed by atoms with E-state index in [4.69, 9.17) is 4.74 Å². The zero-order valence-electron chi connectivity index (χ0n) is 15.1. The van der Waals surface area contributed by atoms with Crippen molar-refractivity contribution in [3.63, 3.8) is 0 Å². The number of amides is 2. The number of rotatable bonds is 7. The quantitative estimate of drug-likeness (QED) is 0.567. The Balaban J connectivity index is 2.01. The Labute approximate surface area is 149 Å². The van der Waals surface area contributed by atoms with Crippen molar-refractivity contribution in [2.75, 3.05) is 20.2 Å². The van der Waals surface area contributed by atoms with Crippen LogP contribution < -0.4 is 10.6 Å². The number of urea groups is 1. The second-order valence-corrected chi connectivity index (χ2v) is 6.79. The Morgan fingerprint density at radius 2 is 1.96 bits per heavy atom. The number of carbonyl (C=O) groups is 1. The number of carbonyl (C=O) groups excluding carboxylic acids is 1. The van der Waals surface area contributed by atoms with Crippen molar-refractivity contribution in [3.05, 3.63) is 35.9 Å². The van der Waals surface area contributed by atoms with E-state index < -0.39 is 18.3 Å². The molecule has 1 fully saturated rings. The molecule has 2 amide bonds. The summed E-state index contributed by atoms with van der Waals surface area (Å²) in [6, 6.07) is 9.38. The SMILES string of the molecule is CC(C)NC(=O)NC[C@H]1O[C@@H](CO)[C@@H](O)[C@H]1N(C)Cc1ccccc1. The lowest BCUT2D eigenvalue weighted by Gasteiger charge is -2.30. The number of aliphatic hydroxyl groups excluding tert-OH is 2. The van der Waals surface area contributed by atoms with Crippen LogP contribution in [-0.2, 0) is 11.3 Å². The molecule has 140 valence electrons. The summed E-state index contributed by atoms with van der Waals surface area (Å²) in [5.41, 5.74) is 1.12. The van der Waals surface area contributed by atoms with Crippen LogP contribution in [0.2, 0.25) is 0 Å².